The molecule has 3 rings (SSSR count). The number of hydrogen-bond acceptors (Lipinski definition) is 5. The van der Waals surface area contributed by atoms with Crippen LogP contribution in [0.1, 0.15) is 11.1 Å². The van der Waals surface area contributed by atoms with Crippen molar-refractivity contribution in [1.82, 2.24) is 20.2 Å². The van der Waals surface area contributed by atoms with E-state index in [1.807, 2.05) is 26.0 Å². The third-order valence-corrected chi connectivity index (χ3v) is 4.86. The number of halogens is 2. The van der Waals surface area contributed by atoms with Crippen LogP contribution in [0.4, 0.5) is 5.69 Å². The summed E-state index contributed by atoms with van der Waals surface area (Å²) < 4.78 is 1.63. The SMILES string of the molecule is Cc1ccc(-n2nnnc2SCC(=O)Nc2cc(Cl)cc(Cl)c2)c(C)c1. The van der Waals surface area contributed by atoms with Crippen LogP contribution in [0.2, 0.25) is 10.0 Å². The van der Waals surface area contributed by atoms with Crippen molar-refractivity contribution in [3.05, 3.63) is 57.6 Å². The lowest BCUT2D eigenvalue weighted by molar-refractivity contribution is -0.113. The van der Waals surface area contributed by atoms with Crippen LogP contribution >= 0.6 is 35.0 Å². The molecule has 1 N–H and O–H groups in total. The first-order valence-corrected chi connectivity index (χ1v) is 9.41. The van der Waals surface area contributed by atoms with Crippen molar-refractivity contribution in [2.45, 2.75) is 19.0 Å². The molecule has 0 bridgehead atoms. The van der Waals surface area contributed by atoms with Crippen molar-refractivity contribution in [2.75, 3.05) is 11.1 Å². The van der Waals surface area contributed by atoms with E-state index < -0.39 is 0 Å². The van der Waals surface area contributed by atoms with Gasteiger partial charge in [-0.3, -0.25) is 4.79 Å². The summed E-state index contributed by atoms with van der Waals surface area (Å²) in [4.78, 5) is 12.2. The van der Waals surface area contributed by atoms with Crippen LogP contribution in [0.25, 0.3) is 5.69 Å². The maximum Gasteiger partial charge on any atom is 0.234 e. The highest BCUT2D eigenvalue weighted by Crippen LogP contribution is 2.24. The van der Waals surface area contributed by atoms with Crippen molar-refractivity contribution in [2.24, 2.45) is 0 Å². The molecule has 0 fully saturated rings. The number of aryl methyl sites for hydroxylation is 2. The van der Waals surface area contributed by atoms with E-state index in [1.54, 1.807) is 22.9 Å². The highest BCUT2D eigenvalue weighted by Gasteiger charge is 2.13. The summed E-state index contributed by atoms with van der Waals surface area (Å²) in [5.74, 6) is -0.0569. The van der Waals surface area contributed by atoms with Gasteiger partial charge in [-0.05, 0) is 54.1 Å². The van der Waals surface area contributed by atoms with Gasteiger partial charge in [0, 0.05) is 15.7 Å². The number of amides is 1. The molecule has 1 aromatic heterocycles. The molecule has 0 radical (unpaired) electrons. The number of anilines is 1. The second-order valence-corrected chi connectivity index (χ2v) is 7.47. The molecule has 1 heterocycles. The lowest BCUT2D eigenvalue weighted by atomic mass is 10.1. The monoisotopic (exact) mass is 407 g/mol. The van der Waals surface area contributed by atoms with Crippen LogP contribution in [-0.4, -0.2) is 31.9 Å². The fourth-order valence-corrected chi connectivity index (χ4v) is 3.63. The molecule has 0 aliphatic carbocycles. The largest absolute Gasteiger partial charge is 0.325 e. The van der Waals surface area contributed by atoms with E-state index in [0.29, 0.717) is 20.9 Å². The van der Waals surface area contributed by atoms with Gasteiger partial charge in [-0.1, -0.05) is 52.7 Å². The van der Waals surface area contributed by atoms with Crippen molar-refractivity contribution in [3.8, 4) is 5.69 Å². The van der Waals surface area contributed by atoms with Gasteiger partial charge >= 0.3 is 0 Å². The predicted octanol–water partition coefficient (Wildman–Crippen LogP) is 4.32. The van der Waals surface area contributed by atoms with Gasteiger partial charge in [-0.25, -0.2) is 0 Å². The number of benzene rings is 2. The van der Waals surface area contributed by atoms with Gasteiger partial charge in [0.25, 0.3) is 0 Å². The Kier molecular flexibility index (Phi) is 5.80. The topological polar surface area (TPSA) is 72.7 Å². The van der Waals surface area contributed by atoms with Crippen LogP contribution in [0.5, 0.6) is 0 Å². The molecule has 0 saturated carbocycles. The van der Waals surface area contributed by atoms with Crippen LogP contribution in [-0.2, 0) is 4.79 Å². The normalized spacial score (nSPS) is 10.8. The van der Waals surface area contributed by atoms with E-state index in [-0.39, 0.29) is 11.7 Å². The number of tetrazole rings is 1. The Labute approximate surface area is 164 Å². The number of aromatic nitrogens is 4. The number of carbonyl (C=O) groups excluding carboxylic acids is 1. The summed E-state index contributed by atoms with van der Waals surface area (Å²) in [6.45, 7) is 4.02. The Bertz CT molecular complexity index is 940. The average molecular weight is 408 g/mol. The molecule has 0 saturated heterocycles. The van der Waals surface area contributed by atoms with Crippen LogP contribution < -0.4 is 5.32 Å². The van der Waals surface area contributed by atoms with E-state index in [1.165, 1.54) is 11.8 Å². The molecule has 134 valence electrons. The van der Waals surface area contributed by atoms with Gasteiger partial charge < -0.3 is 5.32 Å². The number of nitrogens with zero attached hydrogens (tertiary/aromatic N) is 4. The number of nitrogens with one attached hydrogen (secondary N) is 1. The van der Waals surface area contributed by atoms with Crippen LogP contribution in [0.3, 0.4) is 0 Å². The standard InChI is InChI=1S/C17H15Cl2N5OS/c1-10-3-4-15(11(2)5-10)24-17(21-22-23-24)26-9-16(25)20-14-7-12(18)6-13(19)8-14/h3-8H,9H2,1-2H3,(H,20,25). The molecular weight excluding hydrogens is 393 g/mol. The molecule has 6 nitrogen and oxygen atoms in total. The molecule has 0 aliphatic rings. The zero-order chi connectivity index (χ0) is 18.7. The van der Waals surface area contributed by atoms with Crippen molar-refractivity contribution in [3.63, 3.8) is 0 Å². The van der Waals surface area contributed by atoms with Crippen molar-refractivity contribution in [1.29, 1.82) is 0 Å². The number of rotatable bonds is 5. The molecule has 0 atom stereocenters. The third-order valence-electron chi connectivity index (χ3n) is 3.50. The Balaban J connectivity index is 1.69. The zero-order valence-corrected chi connectivity index (χ0v) is 16.4. The van der Waals surface area contributed by atoms with E-state index in [9.17, 15) is 4.79 Å². The Hall–Kier alpha value is -2.09. The van der Waals surface area contributed by atoms with Gasteiger partial charge in [-0.2, -0.15) is 4.68 Å². The minimum absolute atomic E-state index is 0.148. The molecule has 2 aromatic carbocycles. The first-order valence-electron chi connectivity index (χ1n) is 7.67. The maximum atomic E-state index is 12.2. The first kappa shape index (κ1) is 18.7. The fraction of sp³-hybridized carbons (Fsp3) is 0.176. The maximum absolute atomic E-state index is 12.2. The number of thioether (sulfide) groups is 1. The summed E-state index contributed by atoms with van der Waals surface area (Å²) in [6, 6.07) is 10.9. The van der Waals surface area contributed by atoms with Gasteiger partial charge in [0.2, 0.25) is 11.1 Å². The average Bonchev–Trinajstić information content (AvgIpc) is 3.00. The van der Waals surface area contributed by atoms with Crippen molar-refractivity contribution >= 4 is 46.6 Å². The van der Waals surface area contributed by atoms with E-state index in [2.05, 4.69) is 26.9 Å². The molecule has 3 aromatic rings. The van der Waals surface area contributed by atoms with E-state index >= 15 is 0 Å². The van der Waals surface area contributed by atoms with Crippen molar-refractivity contribution < 1.29 is 4.79 Å². The molecule has 9 heteroatoms. The zero-order valence-electron chi connectivity index (χ0n) is 14.0. The highest BCUT2D eigenvalue weighted by molar-refractivity contribution is 7.99. The quantitative estimate of drug-likeness (QED) is 0.637. The fourth-order valence-electron chi connectivity index (χ4n) is 2.42. The lowest BCUT2D eigenvalue weighted by Crippen LogP contribution is -2.14. The lowest BCUT2D eigenvalue weighted by Gasteiger charge is -2.09. The number of hydrogen-bond donors (Lipinski definition) is 1. The minimum atomic E-state index is -0.205. The highest BCUT2D eigenvalue weighted by atomic mass is 35.5. The van der Waals surface area contributed by atoms with Gasteiger partial charge in [0.05, 0.1) is 11.4 Å². The smallest absolute Gasteiger partial charge is 0.234 e. The summed E-state index contributed by atoms with van der Waals surface area (Å²) >= 11 is 13.1. The Morgan fingerprint density at radius 1 is 1.15 bits per heavy atom. The molecule has 0 unspecified atom stereocenters. The van der Waals surface area contributed by atoms with Crippen LogP contribution in [0, 0.1) is 13.8 Å². The predicted molar refractivity (Wildman–Crippen MR) is 104 cm³/mol. The summed E-state index contributed by atoms with van der Waals surface area (Å²) in [5.41, 5.74) is 3.64. The minimum Gasteiger partial charge on any atom is -0.325 e. The van der Waals surface area contributed by atoms with Gasteiger partial charge in [0.15, 0.2) is 0 Å². The summed E-state index contributed by atoms with van der Waals surface area (Å²) in [6.07, 6.45) is 0. The second kappa shape index (κ2) is 8.07. The third kappa shape index (κ3) is 4.55. The molecule has 0 aliphatic heterocycles. The molecular formula is C17H15Cl2N5OS. The Morgan fingerprint density at radius 2 is 1.88 bits per heavy atom. The van der Waals surface area contributed by atoms with E-state index in [0.717, 1.165) is 16.8 Å². The first-order chi connectivity index (χ1) is 12.4. The molecule has 26 heavy (non-hydrogen) atoms. The number of carbonyl (C=O) groups is 1. The molecule has 0 spiro atoms. The summed E-state index contributed by atoms with van der Waals surface area (Å²) in [7, 11) is 0. The second-order valence-electron chi connectivity index (χ2n) is 5.66. The van der Waals surface area contributed by atoms with Gasteiger partial charge in [0.1, 0.15) is 0 Å². The molecule has 1 amide bonds. The van der Waals surface area contributed by atoms with Crippen LogP contribution in [0.15, 0.2) is 41.6 Å². The van der Waals surface area contributed by atoms with Gasteiger partial charge in [-0.15, -0.1) is 5.10 Å². The van der Waals surface area contributed by atoms with E-state index in [4.69, 9.17) is 23.2 Å². The summed E-state index contributed by atoms with van der Waals surface area (Å²) in [5, 5.41) is 16.0. The Morgan fingerprint density at radius 3 is 2.58 bits per heavy atom.